The van der Waals surface area contributed by atoms with Gasteiger partial charge in [-0.15, -0.1) is 0 Å². The van der Waals surface area contributed by atoms with Crippen molar-refractivity contribution in [2.75, 3.05) is 43.2 Å². The number of aromatic nitrogens is 3. The molecule has 158 valence electrons. The number of nitrogens with one attached hydrogen (secondary N) is 2. The first kappa shape index (κ1) is 20.1. The summed E-state index contributed by atoms with van der Waals surface area (Å²) in [6.45, 7) is 6.21. The van der Waals surface area contributed by atoms with Crippen molar-refractivity contribution >= 4 is 28.6 Å². The fraction of sp³-hybridized carbons (Fsp3) is 0.381. The maximum Gasteiger partial charge on any atom is 0.319 e. The van der Waals surface area contributed by atoms with E-state index in [1.54, 1.807) is 20.1 Å². The fourth-order valence-electron chi connectivity index (χ4n) is 3.09. The fourth-order valence-corrected chi connectivity index (χ4v) is 3.09. The molecule has 9 nitrogen and oxygen atoms in total. The van der Waals surface area contributed by atoms with Crippen LogP contribution in [0.3, 0.4) is 0 Å². The number of nitrogens with zero attached hydrogens (tertiary/aromatic N) is 4. The van der Waals surface area contributed by atoms with Crippen molar-refractivity contribution in [2.45, 2.75) is 19.4 Å². The Balaban J connectivity index is 1.54. The summed E-state index contributed by atoms with van der Waals surface area (Å²) in [4.78, 5) is 14.2. The zero-order chi connectivity index (χ0) is 21.0. The highest BCUT2D eigenvalue weighted by molar-refractivity contribution is 5.92. The number of hydrogen-bond donors (Lipinski definition) is 3. The zero-order valence-corrected chi connectivity index (χ0v) is 17.1. The second-order valence-electron chi connectivity index (χ2n) is 7.75. The molecule has 1 fully saturated rings. The second-order valence-corrected chi connectivity index (χ2v) is 7.75. The van der Waals surface area contributed by atoms with Gasteiger partial charge in [-0.25, -0.2) is 0 Å². The molecule has 0 saturated carbocycles. The van der Waals surface area contributed by atoms with Crippen LogP contribution in [-0.2, 0) is 4.74 Å². The van der Waals surface area contributed by atoms with E-state index < -0.39 is 5.60 Å². The summed E-state index contributed by atoms with van der Waals surface area (Å²) >= 11 is 0. The topological polar surface area (TPSA) is 108 Å². The van der Waals surface area contributed by atoms with Crippen LogP contribution in [0.15, 0.2) is 41.6 Å². The summed E-state index contributed by atoms with van der Waals surface area (Å²) in [5.41, 5.74) is 4.59. The highest BCUT2D eigenvalue weighted by atomic mass is 16.5. The number of fused-ring (bicyclic) bond motifs is 1. The van der Waals surface area contributed by atoms with Gasteiger partial charge >= 0.3 is 6.01 Å². The van der Waals surface area contributed by atoms with Gasteiger partial charge in [0.25, 0.3) is 0 Å². The molecule has 3 aromatic rings. The average molecular weight is 410 g/mol. The molecule has 0 amide bonds. The lowest BCUT2D eigenvalue weighted by Crippen LogP contribution is -2.37. The normalized spacial score (nSPS) is 15.1. The monoisotopic (exact) mass is 410 g/mol. The average Bonchev–Trinajstić information content (AvgIpc) is 3.16. The molecule has 2 aromatic heterocycles. The molecule has 3 N–H and O–H groups in total. The van der Waals surface area contributed by atoms with Crippen LogP contribution >= 0.6 is 0 Å². The van der Waals surface area contributed by atoms with E-state index in [-0.39, 0.29) is 12.6 Å². The molecular formula is C21H26N6O3. The van der Waals surface area contributed by atoms with Gasteiger partial charge in [0.2, 0.25) is 0 Å². The molecule has 0 unspecified atom stereocenters. The van der Waals surface area contributed by atoms with Gasteiger partial charge in [0.1, 0.15) is 12.4 Å². The summed E-state index contributed by atoms with van der Waals surface area (Å²) < 4.78 is 11.1. The van der Waals surface area contributed by atoms with Crippen LogP contribution in [0.5, 0.6) is 6.01 Å². The van der Waals surface area contributed by atoms with Crippen molar-refractivity contribution < 1.29 is 14.6 Å². The largest absolute Gasteiger partial charge is 0.460 e. The lowest BCUT2D eigenvalue weighted by molar-refractivity contribution is 0.0250. The van der Waals surface area contributed by atoms with Crippen LogP contribution < -0.4 is 15.1 Å². The van der Waals surface area contributed by atoms with Crippen LogP contribution in [0, 0.1) is 0 Å². The van der Waals surface area contributed by atoms with E-state index in [2.05, 4.69) is 30.4 Å². The standard InChI is InChI=1S/C21H26N6O3/c1-21(2,28)14-30-20-24-15(11-19(25-20)27-7-9-29-10-8-27)12-23-26-18-13-22-17-6-4-3-5-16(17)18/h3-6,11-13,22,26,28H,7-10,14H2,1-2H3. The number of hydrazone groups is 1. The molecule has 1 saturated heterocycles. The summed E-state index contributed by atoms with van der Waals surface area (Å²) in [5.74, 6) is 0.743. The maximum atomic E-state index is 9.95. The molecular weight excluding hydrogens is 384 g/mol. The summed E-state index contributed by atoms with van der Waals surface area (Å²) in [6, 6.07) is 10.1. The quantitative estimate of drug-likeness (QED) is 0.405. The second kappa shape index (κ2) is 8.68. The number of rotatable bonds is 7. The van der Waals surface area contributed by atoms with E-state index in [4.69, 9.17) is 9.47 Å². The first-order chi connectivity index (χ1) is 14.5. The molecule has 3 heterocycles. The first-order valence-electron chi connectivity index (χ1n) is 9.90. The zero-order valence-electron chi connectivity index (χ0n) is 17.1. The van der Waals surface area contributed by atoms with Gasteiger partial charge in [-0.2, -0.15) is 15.1 Å². The number of aromatic amines is 1. The highest BCUT2D eigenvalue weighted by Gasteiger charge is 2.18. The number of morpholine rings is 1. The maximum absolute atomic E-state index is 9.95. The van der Waals surface area contributed by atoms with Crippen molar-refractivity contribution in [2.24, 2.45) is 5.10 Å². The Bertz CT molecular complexity index is 1020. The minimum atomic E-state index is -0.983. The number of benzene rings is 1. The molecule has 0 spiro atoms. The third kappa shape index (κ3) is 5.05. The van der Waals surface area contributed by atoms with Crippen LogP contribution in [0.2, 0.25) is 0 Å². The SMILES string of the molecule is CC(C)(O)COc1nc(C=NNc2c[nH]c3ccccc23)cc(N2CCOCC2)n1. The van der Waals surface area contributed by atoms with Gasteiger partial charge in [-0.05, 0) is 19.9 Å². The van der Waals surface area contributed by atoms with E-state index in [9.17, 15) is 5.11 Å². The Labute approximate surface area is 174 Å². The van der Waals surface area contributed by atoms with Gasteiger partial charge in [0, 0.05) is 36.3 Å². The Morgan fingerprint density at radius 3 is 2.90 bits per heavy atom. The van der Waals surface area contributed by atoms with E-state index in [0.717, 1.165) is 35.5 Å². The minimum absolute atomic E-state index is 0.0870. The highest BCUT2D eigenvalue weighted by Crippen LogP contribution is 2.22. The lowest BCUT2D eigenvalue weighted by atomic mass is 10.2. The molecule has 0 radical (unpaired) electrons. The number of ether oxygens (including phenoxy) is 2. The Hall–Kier alpha value is -3.17. The lowest BCUT2D eigenvalue weighted by Gasteiger charge is -2.28. The molecule has 1 aliphatic rings. The first-order valence-corrected chi connectivity index (χ1v) is 9.90. The van der Waals surface area contributed by atoms with Gasteiger partial charge in [0.15, 0.2) is 0 Å². The Kier molecular flexibility index (Phi) is 5.82. The predicted octanol–water partition coefficient (Wildman–Crippen LogP) is 2.39. The molecule has 30 heavy (non-hydrogen) atoms. The minimum Gasteiger partial charge on any atom is -0.460 e. The van der Waals surface area contributed by atoms with E-state index in [1.165, 1.54) is 0 Å². The van der Waals surface area contributed by atoms with E-state index in [1.807, 2.05) is 36.5 Å². The van der Waals surface area contributed by atoms with E-state index >= 15 is 0 Å². The number of anilines is 2. The van der Waals surface area contributed by atoms with Crippen molar-refractivity contribution in [1.82, 2.24) is 15.0 Å². The third-order valence-electron chi connectivity index (χ3n) is 4.57. The van der Waals surface area contributed by atoms with Crippen molar-refractivity contribution in [1.29, 1.82) is 0 Å². The van der Waals surface area contributed by atoms with Crippen LogP contribution in [0.25, 0.3) is 10.9 Å². The molecule has 9 heteroatoms. The molecule has 0 aliphatic carbocycles. The van der Waals surface area contributed by atoms with Gasteiger partial charge < -0.3 is 24.5 Å². The summed E-state index contributed by atoms with van der Waals surface area (Å²) in [7, 11) is 0. The number of para-hydroxylation sites is 1. The number of hydrogen-bond acceptors (Lipinski definition) is 8. The van der Waals surface area contributed by atoms with Crippen LogP contribution in [0.1, 0.15) is 19.5 Å². The van der Waals surface area contributed by atoms with Gasteiger partial charge in [-0.3, -0.25) is 5.43 Å². The summed E-state index contributed by atoms with van der Waals surface area (Å²) in [6.07, 6.45) is 3.50. The Morgan fingerprint density at radius 2 is 2.10 bits per heavy atom. The molecule has 4 rings (SSSR count). The van der Waals surface area contributed by atoms with Gasteiger partial charge in [0.05, 0.1) is 36.4 Å². The molecule has 0 bridgehead atoms. The molecule has 1 aliphatic heterocycles. The number of aliphatic hydroxyl groups is 1. The van der Waals surface area contributed by atoms with Crippen molar-refractivity contribution in [3.8, 4) is 6.01 Å². The van der Waals surface area contributed by atoms with Crippen molar-refractivity contribution in [3.05, 3.63) is 42.2 Å². The van der Waals surface area contributed by atoms with E-state index in [0.29, 0.717) is 18.9 Å². The molecule has 1 aromatic carbocycles. The Morgan fingerprint density at radius 1 is 1.30 bits per heavy atom. The van der Waals surface area contributed by atoms with Crippen LogP contribution in [0.4, 0.5) is 11.5 Å². The van der Waals surface area contributed by atoms with Crippen molar-refractivity contribution in [3.63, 3.8) is 0 Å². The predicted molar refractivity (Wildman–Crippen MR) is 116 cm³/mol. The van der Waals surface area contributed by atoms with Gasteiger partial charge in [-0.1, -0.05) is 18.2 Å². The number of H-pyrrole nitrogens is 1. The van der Waals surface area contributed by atoms with Crippen LogP contribution in [-0.4, -0.2) is 64.8 Å². The smallest absolute Gasteiger partial charge is 0.319 e. The molecule has 0 atom stereocenters. The summed E-state index contributed by atoms with van der Waals surface area (Å²) in [5, 5.41) is 15.3. The third-order valence-corrected chi connectivity index (χ3v) is 4.57.